The zero-order valence-corrected chi connectivity index (χ0v) is 14.0. The smallest absolute Gasteiger partial charge is 0.499 e. The number of thiophene rings is 1. The Morgan fingerprint density at radius 2 is 1.96 bits per heavy atom. The number of H-pyrrole nitrogens is 1. The lowest BCUT2D eigenvalue weighted by Gasteiger charge is -2.13. The van der Waals surface area contributed by atoms with Crippen LogP contribution < -0.4 is 10.7 Å². The Bertz CT molecular complexity index is 1170. The number of aromatic hydroxyl groups is 1. The largest absolute Gasteiger partial charge is 0.678 e. The van der Waals surface area contributed by atoms with Crippen molar-refractivity contribution in [3.05, 3.63) is 34.6 Å². The minimum atomic E-state index is -4.93. The maximum absolute atomic E-state index is 13.7. The third-order valence-electron chi connectivity index (χ3n) is 3.80. The van der Waals surface area contributed by atoms with E-state index in [1.807, 2.05) is 0 Å². The van der Waals surface area contributed by atoms with Crippen molar-refractivity contribution in [3.8, 4) is 5.06 Å². The first-order valence-electron chi connectivity index (χ1n) is 7.01. The Morgan fingerprint density at radius 1 is 1.23 bits per heavy atom. The van der Waals surface area contributed by atoms with Crippen LogP contribution in [0, 0.1) is 0 Å². The summed E-state index contributed by atoms with van der Waals surface area (Å²) in [5.74, 6) is 0. The van der Waals surface area contributed by atoms with E-state index in [2.05, 4.69) is 4.98 Å². The Hall–Kier alpha value is -2.21. The van der Waals surface area contributed by atoms with Crippen molar-refractivity contribution in [2.24, 2.45) is 0 Å². The molecule has 3 aromatic heterocycles. The summed E-state index contributed by atoms with van der Waals surface area (Å²) in [5, 5.41) is 8.66. The third-order valence-corrected chi connectivity index (χ3v) is 5.55. The van der Waals surface area contributed by atoms with E-state index in [9.17, 15) is 31.7 Å². The lowest BCUT2D eigenvalue weighted by atomic mass is 10.1. The van der Waals surface area contributed by atoms with E-state index in [4.69, 9.17) is 0 Å². The molecule has 0 saturated carbocycles. The van der Waals surface area contributed by atoms with Gasteiger partial charge in [0.1, 0.15) is 5.57 Å². The minimum absolute atomic E-state index is 0.106. The van der Waals surface area contributed by atoms with Gasteiger partial charge < -0.3 is 14.6 Å². The summed E-state index contributed by atoms with van der Waals surface area (Å²) in [5.41, 5.74) is -2.17. The SMILES string of the molecule is O=C1C=c2[nH]/c(=C(\c3cc4sc(O)cc4n3B(F)F)C(F)(F)F)cc2S1. The molecule has 12 heteroatoms. The molecule has 0 unspecified atom stereocenters. The number of carbonyl (C=O) groups is 1. The van der Waals surface area contributed by atoms with Crippen LogP contribution in [0.3, 0.4) is 0 Å². The number of nitrogens with zero attached hydrogens (tertiary/aromatic N) is 1. The van der Waals surface area contributed by atoms with Crippen molar-refractivity contribution in [3.63, 3.8) is 0 Å². The molecule has 134 valence electrons. The fourth-order valence-corrected chi connectivity index (χ4v) is 4.49. The predicted molar refractivity (Wildman–Crippen MR) is 88.8 cm³/mol. The van der Waals surface area contributed by atoms with E-state index in [1.54, 1.807) is 0 Å². The number of carbonyl (C=O) groups excluding carboxylic acids is 1. The number of alkyl halides is 3. The van der Waals surface area contributed by atoms with Gasteiger partial charge in [-0.05, 0) is 23.9 Å². The maximum atomic E-state index is 13.7. The zero-order valence-electron chi connectivity index (χ0n) is 12.4. The summed E-state index contributed by atoms with van der Waals surface area (Å²) < 4.78 is 68.6. The van der Waals surface area contributed by atoms with Crippen molar-refractivity contribution < 1.29 is 31.7 Å². The molecule has 0 aromatic carbocycles. The van der Waals surface area contributed by atoms with Crippen LogP contribution in [0.15, 0.2) is 23.1 Å². The molecule has 0 radical (unpaired) electrons. The lowest BCUT2D eigenvalue weighted by Crippen LogP contribution is -2.27. The fourth-order valence-electron chi connectivity index (χ4n) is 2.87. The Labute approximate surface area is 149 Å². The summed E-state index contributed by atoms with van der Waals surface area (Å²) in [7, 11) is -3.24. The zero-order chi connectivity index (χ0) is 18.8. The van der Waals surface area contributed by atoms with Gasteiger partial charge in [0.05, 0.1) is 20.9 Å². The number of halogens is 5. The number of aromatic amines is 1. The molecule has 0 atom stereocenters. The highest BCUT2D eigenvalue weighted by atomic mass is 32.2. The van der Waals surface area contributed by atoms with Crippen molar-refractivity contribution in [1.82, 2.24) is 9.46 Å². The molecular weight excluding hydrogens is 398 g/mol. The van der Waals surface area contributed by atoms with E-state index in [0.717, 1.165) is 36.0 Å². The summed E-state index contributed by atoms with van der Waals surface area (Å²) in [6.45, 7) is 0. The molecule has 0 fully saturated rings. The third kappa shape index (κ3) is 2.64. The molecule has 4 rings (SSSR count). The lowest BCUT2D eigenvalue weighted by molar-refractivity contribution is -0.105. The van der Waals surface area contributed by atoms with Gasteiger partial charge in [0.25, 0.3) is 0 Å². The molecule has 1 aliphatic heterocycles. The van der Waals surface area contributed by atoms with Gasteiger partial charge in [-0.25, -0.2) is 0 Å². The number of thioether (sulfide) groups is 1. The van der Waals surface area contributed by atoms with Crippen LogP contribution >= 0.6 is 23.1 Å². The topological polar surface area (TPSA) is 58.0 Å². The first-order chi connectivity index (χ1) is 12.1. The molecule has 0 saturated heterocycles. The first kappa shape index (κ1) is 17.2. The van der Waals surface area contributed by atoms with Crippen LogP contribution in [-0.4, -0.2) is 33.3 Å². The van der Waals surface area contributed by atoms with E-state index in [1.165, 1.54) is 0 Å². The number of aromatic nitrogens is 2. The second kappa shape index (κ2) is 5.65. The van der Waals surface area contributed by atoms with E-state index < -0.39 is 30.2 Å². The van der Waals surface area contributed by atoms with Gasteiger partial charge in [0.15, 0.2) is 5.06 Å². The summed E-state index contributed by atoms with van der Waals surface area (Å²) >= 11 is 1.47. The molecule has 26 heavy (non-hydrogen) atoms. The second-order valence-corrected chi connectivity index (χ2v) is 7.52. The van der Waals surface area contributed by atoms with Gasteiger partial charge in [0.2, 0.25) is 5.12 Å². The molecule has 3 aromatic rings. The number of hydrogen-bond donors (Lipinski definition) is 2. The van der Waals surface area contributed by atoms with Crippen molar-refractivity contribution in [2.45, 2.75) is 11.1 Å². The van der Waals surface area contributed by atoms with Crippen molar-refractivity contribution >= 4 is 57.5 Å². The molecule has 4 heterocycles. The Kier molecular flexibility index (Phi) is 3.74. The van der Waals surface area contributed by atoms with Crippen LogP contribution in [0.1, 0.15) is 5.69 Å². The predicted octanol–water partition coefficient (Wildman–Crippen LogP) is 2.68. The average molecular weight is 404 g/mol. The van der Waals surface area contributed by atoms with Gasteiger partial charge in [-0.3, -0.25) is 13.4 Å². The Balaban J connectivity index is 2.09. The normalized spacial score (nSPS) is 15.3. The van der Waals surface area contributed by atoms with Crippen LogP contribution in [0.5, 0.6) is 5.06 Å². The van der Waals surface area contributed by atoms with Crippen molar-refractivity contribution in [1.29, 1.82) is 0 Å². The van der Waals surface area contributed by atoms with Gasteiger partial charge in [0, 0.05) is 22.7 Å². The molecule has 0 spiro atoms. The molecular formula is C14H6BF5N2O2S2. The number of nitrogens with one attached hydrogen (secondary N) is 1. The van der Waals surface area contributed by atoms with Gasteiger partial charge in [-0.1, -0.05) is 11.3 Å². The second-order valence-electron chi connectivity index (χ2n) is 5.41. The highest BCUT2D eigenvalue weighted by Gasteiger charge is 2.40. The van der Waals surface area contributed by atoms with Gasteiger partial charge in [-0.15, -0.1) is 0 Å². The first-order valence-corrected chi connectivity index (χ1v) is 8.65. The maximum Gasteiger partial charge on any atom is 0.678 e. The van der Waals surface area contributed by atoms with Gasteiger partial charge >= 0.3 is 13.6 Å². The van der Waals surface area contributed by atoms with Gasteiger partial charge in [-0.2, -0.15) is 13.2 Å². The molecule has 0 bridgehead atoms. The van der Waals surface area contributed by atoms with Crippen molar-refractivity contribution in [2.75, 3.05) is 0 Å². The number of fused-ring (bicyclic) bond motifs is 2. The number of rotatable bonds is 2. The van der Waals surface area contributed by atoms with Crippen LogP contribution in [0.4, 0.5) is 21.8 Å². The molecule has 2 N–H and O–H groups in total. The quantitative estimate of drug-likeness (QED) is 0.510. The van der Waals surface area contributed by atoms with E-state index in [-0.39, 0.29) is 30.2 Å². The van der Waals surface area contributed by atoms with Crippen LogP contribution in [0.25, 0.3) is 21.9 Å². The molecule has 0 amide bonds. The monoisotopic (exact) mass is 404 g/mol. The minimum Gasteiger partial charge on any atom is -0.499 e. The number of hydrogen-bond acceptors (Lipinski definition) is 4. The average Bonchev–Trinajstić information content (AvgIpc) is 3.16. The summed E-state index contributed by atoms with van der Waals surface area (Å²) in [6.07, 6.45) is -3.78. The van der Waals surface area contributed by atoms with E-state index in [0.29, 0.717) is 16.2 Å². The fraction of sp³-hybridized carbons (Fsp3) is 0.0714. The van der Waals surface area contributed by atoms with Crippen LogP contribution in [0.2, 0.25) is 0 Å². The molecule has 4 nitrogen and oxygen atoms in total. The standard InChI is InChI=1S/C14H6BF5N2O2S2/c16-14(17,18)13(6-1-9-5(21-6)2-11(23)25-9)8-3-10-7(4-12(24)26-10)22(8)15(19)20/h1-4,21,24H/b13-6+. The Morgan fingerprint density at radius 3 is 2.58 bits per heavy atom. The van der Waals surface area contributed by atoms with Crippen LogP contribution in [-0.2, 0) is 4.79 Å². The van der Waals surface area contributed by atoms with E-state index >= 15 is 0 Å². The molecule has 0 aliphatic carbocycles. The highest BCUT2D eigenvalue weighted by molar-refractivity contribution is 8.14. The highest BCUT2D eigenvalue weighted by Crippen LogP contribution is 2.39. The molecule has 1 aliphatic rings. The summed E-state index contributed by atoms with van der Waals surface area (Å²) in [6, 6.07) is 3.10. The summed E-state index contributed by atoms with van der Waals surface area (Å²) in [4.78, 5) is 14.1.